The Bertz CT molecular complexity index is 383. The summed E-state index contributed by atoms with van der Waals surface area (Å²) in [7, 11) is 0. The van der Waals surface area contributed by atoms with E-state index in [0.29, 0.717) is 0 Å². The van der Waals surface area contributed by atoms with Gasteiger partial charge in [0.25, 0.3) is 0 Å². The third-order valence-electron chi connectivity index (χ3n) is 4.56. The van der Waals surface area contributed by atoms with Gasteiger partial charge in [-0.25, -0.2) is 4.98 Å². The second kappa shape index (κ2) is 4.81. The summed E-state index contributed by atoms with van der Waals surface area (Å²) in [5.41, 5.74) is 2.80. The van der Waals surface area contributed by atoms with E-state index in [0.717, 1.165) is 31.5 Å². The molecule has 0 radical (unpaired) electrons. The van der Waals surface area contributed by atoms with Crippen LogP contribution >= 0.6 is 0 Å². The summed E-state index contributed by atoms with van der Waals surface area (Å²) in [6.45, 7) is 4.42. The molecule has 2 atom stereocenters. The lowest BCUT2D eigenvalue weighted by atomic mass is 9.82. The van der Waals surface area contributed by atoms with E-state index in [1.807, 2.05) is 0 Å². The molecule has 17 heavy (non-hydrogen) atoms. The van der Waals surface area contributed by atoms with Gasteiger partial charge in [-0.2, -0.15) is 0 Å². The standard InChI is InChI=1S/C14H23N3/c1-2-11-5-3-4-6-13(11)17-10-16-12-9-15-8-7-14(12)17/h10-11,13,15H,2-9H2,1H3. The Balaban J connectivity index is 1.89. The Hall–Kier alpha value is -0.830. The zero-order chi connectivity index (χ0) is 11.7. The fourth-order valence-electron chi connectivity index (χ4n) is 3.58. The third kappa shape index (κ3) is 2.01. The number of hydrogen-bond donors (Lipinski definition) is 1. The lowest BCUT2D eigenvalue weighted by molar-refractivity contribution is 0.228. The summed E-state index contributed by atoms with van der Waals surface area (Å²) >= 11 is 0. The van der Waals surface area contributed by atoms with Crippen molar-refractivity contribution < 1.29 is 0 Å². The minimum Gasteiger partial charge on any atom is -0.331 e. The Labute approximate surface area is 104 Å². The maximum Gasteiger partial charge on any atom is 0.0954 e. The van der Waals surface area contributed by atoms with Crippen molar-refractivity contribution in [2.45, 2.75) is 58.0 Å². The monoisotopic (exact) mass is 233 g/mol. The highest BCUT2D eigenvalue weighted by molar-refractivity contribution is 5.17. The Morgan fingerprint density at radius 1 is 1.41 bits per heavy atom. The average Bonchev–Trinajstić information content (AvgIpc) is 2.82. The van der Waals surface area contributed by atoms with E-state index >= 15 is 0 Å². The van der Waals surface area contributed by atoms with Gasteiger partial charge in [-0.1, -0.05) is 26.2 Å². The highest BCUT2D eigenvalue weighted by atomic mass is 15.1. The first-order chi connectivity index (χ1) is 8.40. The molecule has 2 heterocycles. The van der Waals surface area contributed by atoms with Crippen LogP contribution < -0.4 is 5.32 Å². The van der Waals surface area contributed by atoms with Crippen molar-refractivity contribution in [1.82, 2.24) is 14.9 Å². The van der Waals surface area contributed by atoms with Crippen molar-refractivity contribution in [1.29, 1.82) is 0 Å². The van der Waals surface area contributed by atoms with Gasteiger partial charge in [-0.15, -0.1) is 0 Å². The molecule has 94 valence electrons. The lowest BCUT2D eigenvalue weighted by Gasteiger charge is -2.33. The molecule has 1 N–H and O–H groups in total. The van der Waals surface area contributed by atoms with Gasteiger partial charge in [-0.3, -0.25) is 0 Å². The van der Waals surface area contributed by atoms with Gasteiger partial charge in [0.2, 0.25) is 0 Å². The Kier molecular flexibility index (Phi) is 3.19. The molecule has 1 aromatic heterocycles. The van der Waals surface area contributed by atoms with Crippen LogP contribution in [0.25, 0.3) is 0 Å². The molecule has 3 heteroatoms. The summed E-state index contributed by atoms with van der Waals surface area (Å²) in [6, 6.07) is 0.725. The minimum atomic E-state index is 0.725. The molecule has 0 saturated heterocycles. The maximum absolute atomic E-state index is 4.60. The quantitative estimate of drug-likeness (QED) is 0.851. The van der Waals surface area contributed by atoms with Gasteiger partial charge in [0, 0.05) is 31.2 Å². The molecular weight excluding hydrogens is 210 g/mol. The average molecular weight is 233 g/mol. The van der Waals surface area contributed by atoms with Crippen LogP contribution in [-0.2, 0) is 13.0 Å². The predicted octanol–water partition coefficient (Wildman–Crippen LogP) is 2.67. The summed E-state index contributed by atoms with van der Waals surface area (Å²) in [6.07, 6.45) is 10.2. The summed E-state index contributed by atoms with van der Waals surface area (Å²) in [5.74, 6) is 0.872. The zero-order valence-corrected chi connectivity index (χ0v) is 10.8. The van der Waals surface area contributed by atoms with Crippen molar-refractivity contribution in [2.24, 2.45) is 5.92 Å². The molecule has 2 aliphatic rings. The van der Waals surface area contributed by atoms with Crippen LogP contribution in [0, 0.1) is 5.92 Å². The van der Waals surface area contributed by atoms with Crippen LogP contribution in [-0.4, -0.2) is 16.1 Å². The first kappa shape index (κ1) is 11.3. The molecule has 1 aliphatic carbocycles. The molecule has 0 aromatic carbocycles. The fourth-order valence-corrected chi connectivity index (χ4v) is 3.58. The van der Waals surface area contributed by atoms with Crippen LogP contribution in [0.2, 0.25) is 0 Å². The number of nitrogens with one attached hydrogen (secondary N) is 1. The van der Waals surface area contributed by atoms with E-state index in [2.05, 4.69) is 28.1 Å². The van der Waals surface area contributed by atoms with Crippen molar-refractivity contribution >= 4 is 0 Å². The number of imidazole rings is 1. The Morgan fingerprint density at radius 2 is 2.29 bits per heavy atom. The van der Waals surface area contributed by atoms with E-state index in [9.17, 15) is 0 Å². The van der Waals surface area contributed by atoms with E-state index in [4.69, 9.17) is 0 Å². The molecule has 0 amide bonds. The SMILES string of the molecule is CCC1CCCCC1n1cnc2c1CCNC2. The van der Waals surface area contributed by atoms with Gasteiger partial charge in [0.15, 0.2) is 0 Å². The number of fused-ring (bicyclic) bond motifs is 1. The summed E-state index contributed by atoms with van der Waals surface area (Å²) < 4.78 is 2.52. The molecule has 2 unspecified atom stereocenters. The first-order valence-corrected chi connectivity index (χ1v) is 7.15. The van der Waals surface area contributed by atoms with Crippen molar-refractivity contribution in [3.05, 3.63) is 17.7 Å². The smallest absolute Gasteiger partial charge is 0.0954 e. The maximum atomic E-state index is 4.60. The van der Waals surface area contributed by atoms with E-state index in [-0.39, 0.29) is 0 Å². The predicted molar refractivity (Wildman–Crippen MR) is 68.9 cm³/mol. The molecule has 0 bridgehead atoms. The summed E-state index contributed by atoms with van der Waals surface area (Å²) in [5, 5.41) is 3.41. The van der Waals surface area contributed by atoms with Crippen LogP contribution in [0.5, 0.6) is 0 Å². The van der Waals surface area contributed by atoms with Crippen molar-refractivity contribution in [2.75, 3.05) is 6.54 Å². The molecule has 3 rings (SSSR count). The largest absolute Gasteiger partial charge is 0.331 e. The van der Waals surface area contributed by atoms with E-state index < -0.39 is 0 Å². The second-order valence-electron chi connectivity index (χ2n) is 5.49. The van der Waals surface area contributed by atoms with Crippen molar-refractivity contribution in [3.8, 4) is 0 Å². The fraction of sp³-hybridized carbons (Fsp3) is 0.786. The molecule has 1 aromatic rings. The topological polar surface area (TPSA) is 29.9 Å². The minimum absolute atomic E-state index is 0.725. The third-order valence-corrected chi connectivity index (χ3v) is 4.56. The molecule has 3 nitrogen and oxygen atoms in total. The van der Waals surface area contributed by atoms with Gasteiger partial charge in [0.1, 0.15) is 0 Å². The highest BCUT2D eigenvalue weighted by Gasteiger charge is 2.28. The molecular formula is C14H23N3. The summed E-state index contributed by atoms with van der Waals surface area (Å²) in [4.78, 5) is 4.60. The van der Waals surface area contributed by atoms with Gasteiger partial charge < -0.3 is 9.88 Å². The zero-order valence-electron chi connectivity index (χ0n) is 10.8. The number of hydrogen-bond acceptors (Lipinski definition) is 2. The van der Waals surface area contributed by atoms with E-state index in [1.54, 1.807) is 0 Å². The van der Waals surface area contributed by atoms with Crippen LogP contribution in [0.4, 0.5) is 0 Å². The van der Waals surface area contributed by atoms with E-state index in [1.165, 1.54) is 43.5 Å². The van der Waals surface area contributed by atoms with Gasteiger partial charge in [0.05, 0.1) is 12.0 Å². The van der Waals surface area contributed by atoms with Crippen LogP contribution in [0.15, 0.2) is 6.33 Å². The second-order valence-corrected chi connectivity index (χ2v) is 5.49. The molecule has 1 fully saturated rings. The number of nitrogens with zero attached hydrogens (tertiary/aromatic N) is 2. The molecule has 1 saturated carbocycles. The number of rotatable bonds is 2. The molecule has 0 spiro atoms. The van der Waals surface area contributed by atoms with Gasteiger partial charge >= 0.3 is 0 Å². The first-order valence-electron chi connectivity index (χ1n) is 7.15. The number of aromatic nitrogens is 2. The normalized spacial score (nSPS) is 29.0. The highest BCUT2D eigenvalue weighted by Crippen LogP contribution is 2.37. The Morgan fingerprint density at radius 3 is 3.18 bits per heavy atom. The molecule has 1 aliphatic heterocycles. The van der Waals surface area contributed by atoms with Crippen LogP contribution in [0.3, 0.4) is 0 Å². The van der Waals surface area contributed by atoms with Crippen LogP contribution in [0.1, 0.15) is 56.5 Å². The van der Waals surface area contributed by atoms with Crippen molar-refractivity contribution in [3.63, 3.8) is 0 Å². The lowest BCUT2D eigenvalue weighted by Crippen LogP contribution is -2.28. The van der Waals surface area contributed by atoms with Gasteiger partial charge in [-0.05, 0) is 18.8 Å².